The predicted octanol–water partition coefficient (Wildman–Crippen LogP) is 2.35. The molecule has 1 amide bonds. The summed E-state index contributed by atoms with van der Waals surface area (Å²) in [5, 5.41) is 2.42. The Morgan fingerprint density at radius 1 is 1.07 bits per heavy atom. The number of alkyl halides is 3. The summed E-state index contributed by atoms with van der Waals surface area (Å²) in [5.41, 5.74) is -2.30. The lowest BCUT2D eigenvalue weighted by Gasteiger charge is -2.18. The van der Waals surface area contributed by atoms with Crippen molar-refractivity contribution in [1.82, 2.24) is 14.6 Å². The van der Waals surface area contributed by atoms with Crippen molar-refractivity contribution in [2.75, 3.05) is 13.1 Å². The number of nitrogens with zero attached hydrogens (tertiary/aromatic N) is 1. The van der Waals surface area contributed by atoms with E-state index in [1.807, 2.05) is 0 Å². The van der Waals surface area contributed by atoms with Gasteiger partial charge < -0.3 is 10.3 Å². The van der Waals surface area contributed by atoms with Gasteiger partial charge in [-0.1, -0.05) is 26.0 Å². The van der Waals surface area contributed by atoms with E-state index in [-0.39, 0.29) is 11.4 Å². The Morgan fingerprint density at radius 2 is 1.66 bits per heavy atom. The van der Waals surface area contributed by atoms with Crippen LogP contribution in [0.2, 0.25) is 0 Å². The number of carbonyl (C=O) groups is 1. The molecule has 1 heterocycles. The fourth-order valence-electron chi connectivity index (χ4n) is 2.59. The Balaban J connectivity index is 2.09. The third-order valence-electron chi connectivity index (χ3n) is 4.18. The van der Waals surface area contributed by atoms with Gasteiger partial charge in [0.05, 0.1) is 4.90 Å². The highest BCUT2D eigenvalue weighted by atomic mass is 32.2. The summed E-state index contributed by atoms with van der Waals surface area (Å²) in [7, 11) is -3.61. The molecule has 0 radical (unpaired) electrons. The maximum absolute atomic E-state index is 12.6. The maximum Gasteiger partial charge on any atom is 0.431 e. The van der Waals surface area contributed by atoms with Crippen molar-refractivity contribution in [1.29, 1.82) is 0 Å². The number of hydrogen-bond acceptors (Lipinski definition) is 4. The van der Waals surface area contributed by atoms with Gasteiger partial charge in [0.1, 0.15) is 11.3 Å². The van der Waals surface area contributed by atoms with E-state index in [1.165, 1.54) is 28.6 Å². The minimum absolute atomic E-state index is 0.0368. The van der Waals surface area contributed by atoms with Gasteiger partial charge in [0, 0.05) is 19.6 Å². The van der Waals surface area contributed by atoms with Gasteiger partial charge in [0.15, 0.2) is 0 Å². The number of pyridine rings is 1. The van der Waals surface area contributed by atoms with E-state index in [0.717, 1.165) is 6.07 Å². The molecule has 1 aromatic heterocycles. The van der Waals surface area contributed by atoms with Crippen LogP contribution in [0.25, 0.3) is 0 Å². The number of carbonyl (C=O) groups excluding carboxylic acids is 1. The van der Waals surface area contributed by atoms with Crippen LogP contribution in [0.15, 0.2) is 46.1 Å². The topological polar surface area (TPSA) is 99.3 Å². The first-order chi connectivity index (χ1) is 13.5. The van der Waals surface area contributed by atoms with E-state index in [2.05, 4.69) is 5.32 Å². The second kappa shape index (κ2) is 8.78. The van der Waals surface area contributed by atoms with Crippen LogP contribution < -0.4 is 10.9 Å². The average Bonchev–Trinajstić information content (AvgIpc) is 2.66. The van der Waals surface area contributed by atoms with Crippen LogP contribution in [-0.2, 0) is 22.7 Å². The standard InChI is InChI=1S/C18H20F3N3O4S/c1-3-24(4-2)29(27,28)13-7-5-12(6-8-13)11-22-16(25)14-9-10-15(18(19,20)21)23-17(14)26/h5-10H,3-4,11H2,1-2H3,(H,22,25)(H,23,26). The molecule has 11 heteroatoms. The molecule has 0 spiro atoms. The number of amides is 1. The van der Waals surface area contributed by atoms with Gasteiger partial charge in [0.2, 0.25) is 10.0 Å². The molecule has 0 saturated heterocycles. The minimum atomic E-state index is -4.72. The molecule has 0 unspecified atom stereocenters. The van der Waals surface area contributed by atoms with Crippen LogP contribution in [0.1, 0.15) is 35.5 Å². The highest BCUT2D eigenvalue weighted by Gasteiger charge is 2.32. The smallest absolute Gasteiger partial charge is 0.348 e. The Bertz CT molecular complexity index is 1030. The van der Waals surface area contributed by atoms with E-state index < -0.39 is 38.9 Å². The quantitative estimate of drug-likeness (QED) is 0.703. The highest BCUT2D eigenvalue weighted by Crippen LogP contribution is 2.26. The molecule has 2 rings (SSSR count). The molecule has 1 aromatic carbocycles. The summed E-state index contributed by atoms with van der Waals surface area (Å²) in [6, 6.07) is 7.24. The molecule has 0 aliphatic heterocycles. The first-order valence-corrected chi connectivity index (χ1v) is 10.1. The summed E-state index contributed by atoms with van der Waals surface area (Å²) in [6.45, 7) is 4.09. The van der Waals surface area contributed by atoms with Gasteiger partial charge in [-0.05, 0) is 29.8 Å². The number of hydrogen-bond donors (Lipinski definition) is 2. The van der Waals surface area contributed by atoms with Crippen LogP contribution >= 0.6 is 0 Å². The van der Waals surface area contributed by atoms with Crippen molar-refractivity contribution in [2.24, 2.45) is 0 Å². The fraction of sp³-hybridized carbons (Fsp3) is 0.333. The second-order valence-electron chi connectivity index (χ2n) is 6.03. The first kappa shape index (κ1) is 22.6. The fourth-order valence-corrected chi connectivity index (χ4v) is 4.05. The maximum atomic E-state index is 12.6. The van der Waals surface area contributed by atoms with Crippen molar-refractivity contribution in [2.45, 2.75) is 31.5 Å². The van der Waals surface area contributed by atoms with E-state index in [4.69, 9.17) is 0 Å². The Kier molecular flexibility index (Phi) is 6.85. The van der Waals surface area contributed by atoms with Crippen molar-refractivity contribution < 1.29 is 26.4 Å². The summed E-state index contributed by atoms with van der Waals surface area (Å²) < 4.78 is 63.9. The molecule has 0 bridgehead atoms. The van der Waals surface area contributed by atoms with Crippen LogP contribution in [0.4, 0.5) is 13.2 Å². The highest BCUT2D eigenvalue weighted by molar-refractivity contribution is 7.89. The van der Waals surface area contributed by atoms with Gasteiger partial charge in [0.25, 0.3) is 11.5 Å². The van der Waals surface area contributed by atoms with Crippen molar-refractivity contribution >= 4 is 15.9 Å². The molecular weight excluding hydrogens is 411 g/mol. The van der Waals surface area contributed by atoms with Gasteiger partial charge in [-0.2, -0.15) is 17.5 Å². The summed E-state index contributed by atoms with van der Waals surface area (Å²) in [4.78, 5) is 25.5. The van der Waals surface area contributed by atoms with Crippen molar-refractivity contribution in [3.63, 3.8) is 0 Å². The third-order valence-corrected chi connectivity index (χ3v) is 6.24. The summed E-state index contributed by atoms with van der Waals surface area (Å²) in [6.07, 6.45) is -4.72. The second-order valence-corrected chi connectivity index (χ2v) is 7.97. The van der Waals surface area contributed by atoms with Gasteiger partial charge in [-0.3, -0.25) is 9.59 Å². The Labute approximate surface area is 165 Å². The lowest BCUT2D eigenvalue weighted by molar-refractivity contribution is -0.141. The first-order valence-electron chi connectivity index (χ1n) is 8.68. The molecule has 2 N–H and O–H groups in total. The molecule has 0 saturated carbocycles. The zero-order chi connectivity index (χ0) is 21.8. The SMILES string of the molecule is CCN(CC)S(=O)(=O)c1ccc(CNC(=O)c2ccc(C(F)(F)F)[nH]c2=O)cc1. The summed E-state index contributed by atoms with van der Waals surface area (Å²) in [5.74, 6) is -0.847. The monoisotopic (exact) mass is 431 g/mol. The number of nitrogens with one attached hydrogen (secondary N) is 2. The van der Waals surface area contributed by atoms with E-state index in [1.54, 1.807) is 18.8 Å². The van der Waals surface area contributed by atoms with Crippen LogP contribution in [0.5, 0.6) is 0 Å². The molecule has 7 nitrogen and oxygen atoms in total. The molecule has 0 atom stereocenters. The zero-order valence-corrected chi connectivity index (χ0v) is 16.5. The molecule has 0 fully saturated rings. The Morgan fingerprint density at radius 3 is 2.14 bits per heavy atom. The molecule has 0 aliphatic carbocycles. The minimum Gasteiger partial charge on any atom is -0.348 e. The van der Waals surface area contributed by atoms with Crippen molar-refractivity contribution in [3.05, 3.63) is 63.6 Å². The number of rotatable bonds is 7. The Hall–Kier alpha value is -2.66. The lowest BCUT2D eigenvalue weighted by atomic mass is 10.2. The largest absolute Gasteiger partial charge is 0.431 e. The van der Waals surface area contributed by atoms with Crippen LogP contribution in [0.3, 0.4) is 0 Å². The average molecular weight is 431 g/mol. The van der Waals surface area contributed by atoms with Crippen LogP contribution in [-0.4, -0.2) is 36.7 Å². The zero-order valence-electron chi connectivity index (χ0n) is 15.7. The predicted molar refractivity (Wildman–Crippen MR) is 99.8 cm³/mol. The number of benzene rings is 1. The number of aromatic nitrogens is 1. The molecule has 2 aromatic rings. The van der Waals surface area contributed by atoms with Gasteiger partial charge in [-0.25, -0.2) is 8.42 Å². The van der Waals surface area contributed by atoms with E-state index in [9.17, 15) is 31.2 Å². The van der Waals surface area contributed by atoms with Crippen LogP contribution in [0, 0.1) is 0 Å². The van der Waals surface area contributed by atoms with E-state index >= 15 is 0 Å². The van der Waals surface area contributed by atoms with Crippen molar-refractivity contribution in [3.8, 4) is 0 Å². The van der Waals surface area contributed by atoms with E-state index in [0.29, 0.717) is 24.7 Å². The number of halogens is 3. The van der Waals surface area contributed by atoms with Gasteiger partial charge >= 0.3 is 6.18 Å². The molecule has 29 heavy (non-hydrogen) atoms. The van der Waals surface area contributed by atoms with Gasteiger partial charge in [-0.15, -0.1) is 0 Å². The third kappa shape index (κ3) is 5.24. The summed E-state index contributed by atoms with van der Waals surface area (Å²) >= 11 is 0. The number of H-pyrrole nitrogens is 1. The molecular formula is C18H20F3N3O4S. The number of aromatic amines is 1. The molecule has 158 valence electrons. The molecule has 0 aliphatic rings. The lowest BCUT2D eigenvalue weighted by Crippen LogP contribution is -2.31. The number of sulfonamides is 1. The normalized spacial score (nSPS) is 12.2.